The molecule has 11 heteroatoms. The van der Waals surface area contributed by atoms with Gasteiger partial charge < -0.3 is 9.64 Å². The highest BCUT2D eigenvalue weighted by molar-refractivity contribution is 6.30. The number of nitrogens with zero attached hydrogens (tertiary/aromatic N) is 3. The second-order valence-electron chi connectivity index (χ2n) is 6.67. The third-order valence-corrected chi connectivity index (χ3v) is 4.61. The van der Waals surface area contributed by atoms with E-state index in [-0.39, 0.29) is 29.5 Å². The van der Waals surface area contributed by atoms with Gasteiger partial charge in [0, 0.05) is 36.9 Å². The van der Waals surface area contributed by atoms with Crippen LogP contribution < -0.4 is 10.2 Å². The van der Waals surface area contributed by atoms with E-state index in [0.717, 1.165) is 6.20 Å². The summed E-state index contributed by atoms with van der Waals surface area (Å²) >= 11 is 5.88. The maximum absolute atomic E-state index is 12.6. The van der Waals surface area contributed by atoms with Crippen LogP contribution in [0.2, 0.25) is 5.02 Å². The van der Waals surface area contributed by atoms with Crippen molar-refractivity contribution in [3.05, 3.63) is 47.1 Å². The summed E-state index contributed by atoms with van der Waals surface area (Å²) in [4.78, 5) is 29.9. The molecular formula is C19H18ClF3N4O3. The van der Waals surface area contributed by atoms with Crippen LogP contribution in [-0.4, -0.2) is 66.2 Å². The molecule has 160 valence electrons. The van der Waals surface area contributed by atoms with E-state index in [1.54, 1.807) is 36.2 Å². The van der Waals surface area contributed by atoms with Gasteiger partial charge in [0.15, 0.2) is 6.61 Å². The molecule has 0 bridgehead atoms. The number of piperazine rings is 1. The fourth-order valence-electron chi connectivity index (χ4n) is 2.74. The average molecular weight is 443 g/mol. The number of amides is 2. The Labute approximate surface area is 175 Å². The average Bonchev–Trinajstić information content (AvgIpc) is 2.69. The van der Waals surface area contributed by atoms with Crippen molar-refractivity contribution in [2.24, 2.45) is 0 Å². The van der Waals surface area contributed by atoms with Gasteiger partial charge in [-0.3, -0.25) is 15.0 Å². The standard InChI is InChI=1S/C19H18ClF3N4O3/c1-26-6-7-27(10-16(26)28)25-17(29)13-8-15(12-2-4-14(20)5-3-12)18(24-9-13)30-11-19(21,22)23/h2-5,8-9H,6-7,10-11H2,1H3,(H,25,29). The van der Waals surface area contributed by atoms with Gasteiger partial charge >= 0.3 is 6.18 Å². The number of ether oxygens (including phenoxy) is 1. The molecule has 1 aliphatic rings. The van der Waals surface area contributed by atoms with Crippen molar-refractivity contribution in [3.63, 3.8) is 0 Å². The number of aromatic nitrogens is 1. The molecule has 1 aromatic heterocycles. The minimum Gasteiger partial charge on any atom is -0.468 e. The minimum absolute atomic E-state index is 0.0203. The quantitative estimate of drug-likeness (QED) is 0.770. The highest BCUT2D eigenvalue weighted by atomic mass is 35.5. The van der Waals surface area contributed by atoms with Crippen LogP contribution in [0.25, 0.3) is 11.1 Å². The van der Waals surface area contributed by atoms with Gasteiger partial charge in [-0.15, -0.1) is 0 Å². The first-order valence-electron chi connectivity index (χ1n) is 8.88. The smallest absolute Gasteiger partial charge is 0.422 e. The molecule has 0 saturated carbocycles. The molecule has 0 atom stereocenters. The van der Waals surface area contributed by atoms with E-state index in [9.17, 15) is 22.8 Å². The Kier molecular flexibility index (Phi) is 6.47. The summed E-state index contributed by atoms with van der Waals surface area (Å²) < 4.78 is 42.6. The van der Waals surface area contributed by atoms with E-state index in [0.29, 0.717) is 23.7 Å². The molecule has 1 aliphatic heterocycles. The zero-order chi connectivity index (χ0) is 21.9. The second-order valence-corrected chi connectivity index (χ2v) is 7.10. The van der Waals surface area contributed by atoms with Gasteiger partial charge in [0.1, 0.15) is 0 Å². The molecule has 0 radical (unpaired) electrons. The van der Waals surface area contributed by atoms with E-state index in [2.05, 4.69) is 10.4 Å². The third kappa shape index (κ3) is 5.61. The number of carbonyl (C=O) groups is 2. The van der Waals surface area contributed by atoms with E-state index < -0.39 is 18.7 Å². The number of benzene rings is 1. The molecule has 0 unspecified atom stereocenters. The second kappa shape index (κ2) is 8.88. The number of pyridine rings is 1. The number of hydrazine groups is 1. The van der Waals surface area contributed by atoms with Crippen molar-refractivity contribution in [3.8, 4) is 17.0 Å². The van der Waals surface area contributed by atoms with Crippen molar-refractivity contribution < 1.29 is 27.5 Å². The van der Waals surface area contributed by atoms with Crippen LogP contribution in [0.1, 0.15) is 10.4 Å². The fourth-order valence-corrected chi connectivity index (χ4v) is 2.87. The molecular weight excluding hydrogens is 425 g/mol. The zero-order valence-electron chi connectivity index (χ0n) is 15.9. The van der Waals surface area contributed by atoms with Crippen molar-refractivity contribution >= 4 is 23.4 Å². The lowest BCUT2D eigenvalue weighted by atomic mass is 10.1. The normalized spacial score (nSPS) is 15.2. The van der Waals surface area contributed by atoms with Crippen molar-refractivity contribution in [2.45, 2.75) is 6.18 Å². The maximum Gasteiger partial charge on any atom is 0.422 e. The van der Waals surface area contributed by atoms with Crippen molar-refractivity contribution in [1.29, 1.82) is 0 Å². The lowest BCUT2D eigenvalue weighted by Crippen LogP contribution is -2.55. The highest BCUT2D eigenvalue weighted by Gasteiger charge is 2.29. The number of rotatable bonds is 5. The van der Waals surface area contributed by atoms with Crippen LogP contribution >= 0.6 is 11.6 Å². The molecule has 30 heavy (non-hydrogen) atoms. The van der Waals surface area contributed by atoms with E-state index in [1.165, 1.54) is 11.1 Å². The van der Waals surface area contributed by atoms with E-state index in [4.69, 9.17) is 16.3 Å². The molecule has 2 heterocycles. The summed E-state index contributed by atoms with van der Waals surface area (Å²) in [5.74, 6) is -0.948. The number of alkyl halides is 3. The molecule has 1 aromatic carbocycles. The molecule has 0 spiro atoms. The molecule has 1 fully saturated rings. The summed E-state index contributed by atoms with van der Waals surface area (Å²) in [6, 6.07) is 7.68. The topological polar surface area (TPSA) is 74.8 Å². The first kappa shape index (κ1) is 21.8. The number of likely N-dealkylation sites (N-methyl/N-ethyl adjacent to an activating group) is 1. The van der Waals surface area contributed by atoms with Crippen LogP contribution in [0.5, 0.6) is 5.88 Å². The van der Waals surface area contributed by atoms with Gasteiger partial charge in [0.25, 0.3) is 5.91 Å². The van der Waals surface area contributed by atoms with Crippen LogP contribution in [0.4, 0.5) is 13.2 Å². The molecule has 3 rings (SSSR count). The largest absolute Gasteiger partial charge is 0.468 e. The SMILES string of the molecule is CN1CCN(NC(=O)c2cnc(OCC(F)(F)F)c(-c3ccc(Cl)cc3)c2)CC1=O. The van der Waals surface area contributed by atoms with E-state index >= 15 is 0 Å². The molecule has 2 aromatic rings. The lowest BCUT2D eigenvalue weighted by Gasteiger charge is -2.31. The van der Waals surface area contributed by atoms with Crippen LogP contribution in [0, 0.1) is 0 Å². The van der Waals surface area contributed by atoms with Crippen LogP contribution in [0.3, 0.4) is 0 Å². The van der Waals surface area contributed by atoms with Gasteiger partial charge in [-0.2, -0.15) is 13.2 Å². The van der Waals surface area contributed by atoms with Gasteiger partial charge in [0.05, 0.1) is 12.1 Å². The van der Waals surface area contributed by atoms with Crippen molar-refractivity contribution in [1.82, 2.24) is 20.3 Å². The van der Waals surface area contributed by atoms with Crippen molar-refractivity contribution in [2.75, 3.05) is 33.3 Å². The summed E-state index contributed by atoms with van der Waals surface area (Å²) in [6.07, 6.45) is -3.42. The first-order chi connectivity index (χ1) is 14.1. The van der Waals surface area contributed by atoms with Gasteiger partial charge in [-0.25, -0.2) is 9.99 Å². The summed E-state index contributed by atoms with van der Waals surface area (Å²) in [5, 5.41) is 1.92. The monoisotopic (exact) mass is 442 g/mol. The number of halogens is 4. The van der Waals surface area contributed by atoms with Gasteiger partial charge in [0.2, 0.25) is 11.8 Å². The van der Waals surface area contributed by atoms with Gasteiger partial charge in [-0.1, -0.05) is 23.7 Å². The Hall–Kier alpha value is -2.85. The van der Waals surface area contributed by atoms with E-state index in [1.807, 2.05) is 0 Å². The number of carbonyl (C=O) groups excluding carboxylic acids is 2. The molecule has 7 nitrogen and oxygen atoms in total. The van der Waals surface area contributed by atoms with Crippen LogP contribution in [0.15, 0.2) is 36.5 Å². The maximum atomic E-state index is 12.6. The summed E-state index contributed by atoms with van der Waals surface area (Å²) in [7, 11) is 1.67. The first-order valence-corrected chi connectivity index (χ1v) is 9.25. The van der Waals surface area contributed by atoms with Gasteiger partial charge in [-0.05, 0) is 23.8 Å². The third-order valence-electron chi connectivity index (χ3n) is 4.36. The lowest BCUT2D eigenvalue weighted by molar-refractivity contribution is -0.154. The number of hydrogen-bond donors (Lipinski definition) is 1. The number of nitrogens with one attached hydrogen (secondary N) is 1. The Balaban J connectivity index is 1.85. The molecule has 0 aliphatic carbocycles. The van der Waals surface area contributed by atoms with Crippen LogP contribution in [-0.2, 0) is 4.79 Å². The molecule has 1 N–H and O–H groups in total. The molecule has 2 amide bonds. The summed E-state index contributed by atoms with van der Waals surface area (Å²) in [5.41, 5.74) is 3.40. The Bertz CT molecular complexity index is 938. The molecule has 1 saturated heterocycles. The Morgan fingerprint density at radius 1 is 1.27 bits per heavy atom. The predicted octanol–water partition coefficient (Wildman–Crippen LogP) is 2.76. The Morgan fingerprint density at radius 2 is 1.97 bits per heavy atom. The fraction of sp³-hybridized carbons (Fsp3) is 0.316. The number of hydrogen-bond acceptors (Lipinski definition) is 5. The highest BCUT2D eigenvalue weighted by Crippen LogP contribution is 2.31. The zero-order valence-corrected chi connectivity index (χ0v) is 16.6. The Morgan fingerprint density at radius 3 is 2.60 bits per heavy atom. The summed E-state index contributed by atoms with van der Waals surface area (Å²) in [6.45, 7) is -0.599. The minimum atomic E-state index is -4.54. The predicted molar refractivity (Wildman–Crippen MR) is 103 cm³/mol.